The quantitative estimate of drug-likeness (QED) is 0.195. The molecule has 0 saturated heterocycles. The van der Waals surface area contributed by atoms with Gasteiger partial charge in [-0.1, -0.05) is 12.2 Å². The fourth-order valence-electron chi connectivity index (χ4n) is 3.72. The summed E-state index contributed by atoms with van der Waals surface area (Å²) in [4.78, 5) is 33.3. The minimum atomic E-state index is -3.83. The Labute approximate surface area is 237 Å². The van der Waals surface area contributed by atoms with Gasteiger partial charge >= 0.3 is 0 Å². The molecule has 0 aliphatic heterocycles. The molecule has 4 N–H and O–H groups in total. The van der Waals surface area contributed by atoms with Crippen molar-refractivity contribution >= 4 is 76.2 Å². The number of hydrogen-bond donors (Lipinski definition) is 4. The van der Waals surface area contributed by atoms with Gasteiger partial charge in [-0.25, -0.2) is 26.8 Å². The summed E-state index contributed by atoms with van der Waals surface area (Å²) in [5, 5.41) is 9.08. The third kappa shape index (κ3) is 6.04. The SMILES string of the molecule is C=C1[C@@H](C(=O)Nc2ccc(S(=O)(=O)Nc3nccs3)cc2)[C@@H]1C(=O)Nc1ccc(S(=O)(=O)Nc2nccs2)cc1. The Kier molecular flexibility index (Phi) is 7.41. The maximum absolute atomic E-state index is 12.8. The largest absolute Gasteiger partial charge is 0.326 e. The highest BCUT2D eigenvalue weighted by molar-refractivity contribution is 7.93. The van der Waals surface area contributed by atoms with Gasteiger partial charge < -0.3 is 10.6 Å². The van der Waals surface area contributed by atoms with Crippen molar-refractivity contribution in [3.63, 3.8) is 0 Å². The number of thiazole rings is 2. The lowest BCUT2D eigenvalue weighted by molar-refractivity contribution is -0.122. The molecule has 5 rings (SSSR count). The van der Waals surface area contributed by atoms with Crippen LogP contribution in [-0.4, -0.2) is 38.6 Å². The minimum Gasteiger partial charge on any atom is -0.326 e. The fourth-order valence-corrected chi connectivity index (χ4v) is 7.30. The predicted octanol–water partition coefficient (Wildman–Crippen LogP) is 3.58. The Bertz CT molecular complexity index is 1640. The molecule has 0 radical (unpaired) electrons. The zero-order valence-electron chi connectivity index (χ0n) is 20.3. The van der Waals surface area contributed by atoms with Crippen molar-refractivity contribution in [1.29, 1.82) is 0 Å². The number of amides is 2. The van der Waals surface area contributed by atoms with Gasteiger partial charge in [0.05, 0.1) is 21.6 Å². The summed E-state index contributed by atoms with van der Waals surface area (Å²) in [6, 6.07) is 11.1. The molecule has 1 saturated carbocycles. The van der Waals surface area contributed by atoms with Crippen LogP contribution < -0.4 is 20.1 Å². The summed E-state index contributed by atoms with van der Waals surface area (Å²) in [5.74, 6) is -2.46. The van der Waals surface area contributed by atoms with E-state index in [-0.39, 0.29) is 20.1 Å². The first kappa shape index (κ1) is 27.4. The Morgan fingerprint density at radius 3 is 1.38 bits per heavy atom. The molecule has 4 aromatic rings. The molecule has 2 aromatic heterocycles. The van der Waals surface area contributed by atoms with Crippen LogP contribution in [0.3, 0.4) is 0 Å². The molecular formula is C24H20N6O6S4. The third-order valence-electron chi connectivity index (χ3n) is 5.76. The summed E-state index contributed by atoms with van der Waals surface area (Å²) in [6.45, 7) is 3.81. The van der Waals surface area contributed by atoms with Crippen LogP contribution in [0.1, 0.15) is 0 Å². The van der Waals surface area contributed by atoms with E-state index < -0.39 is 43.7 Å². The smallest absolute Gasteiger partial charge is 0.263 e. The van der Waals surface area contributed by atoms with Gasteiger partial charge in [0, 0.05) is 34.5 Å². The van der Waals surface area contributed by atoms with Crippen molar-refractivity contribution < 1.29 is 26.4 Å². The van der Waals surface area contributed by atoms with E-state index in [9.17, 15) is 26.4 Å². The first-order valence-corrected chi connectivity index (χ1v) is 16.1. The first-order chi connectivity index (χ1) is 19.0. The van der Waals surface area contributed by atoms with Gasteiger partial charge in [0.15, 0.2) is 10.3 Å². The average Bonchev–Trinajstić information content (AvgIpc) is 3.24. The predicted molar refractivity (Wildman–Crippen MR) is 152 cm³/mol. The molecule has 0 unspecified atom stereocenters. The van der Waals surface area contributed by atoms with Gasteiger partial charge in [-0.2, -0.15) is 0 Å². The number of aromatic nitrogens is 2. The van der Waals surface area contributed by atoms with Crippen molar-refractivity contribution in [2.75, 3.05) is 20.1 Å². The van der Waals surface area contributed by atoms with Crippen LogP contribution >= 0.6 is 22.7 Å². The van der Waals surface area contributed by atoms with Crippen LogP contribution in [0.4, 0.5) is 21.6 Å². The topological polar surface area (TPSA) is 176 Å². The van der Waals surface area contributed by atoms with Crippen molar-refractivity contribution in [2.24, 2.45) is 11.8 Å². The van der Waals surface area contributed by atoms with Crippen LogP contribution in [0.5, 0.6) is 0 Å². The van der Waals surface area contributed by atoms with Gasteiger partial charge in [0.2, 0.25) is 11.8 Å². The number of hydrogen-bond acceptors (Lipinski definition) is 10. The number of carbonyl (C=O) groups excluding carboxylic acids is 2. The van der Waals surface area contributed by atoms with Crippen LogP contribution in [0, 0.1) is 11.8 Å². The van der Waals surface area contributed by atoms with Crippen molar-refractivity contribution in [3.8, 4) is 0 Å². The third-order valence-corrected chi connectivity index (χ3v) is 10.1. The number of nitrogens with one attached hydrogen (secondary N) is 4. The van der Waals surface area contributed by atoms with Gasteiger partial charge in [-0.05, 0) is 48.5 Å². The molecule has 2 aromatic carbocycles. The van der Waals surface area contributed by atoms with Gasteiger partial charge in [0.1, 0.15) is 0 Å². The number of nitrogens with zero attached hydrogens (tertiary/aromatic N) is 2. The van der Waals surface area contributed by atoms with E-state index in [1.54, 1.807) is 10.8 Å². The molecule has 16 heteroatoms. The average molecular weight is 617 g/mol. The summed E-state index contributed by atoms with van der Waals surface area (Å²) < 4.78 is 54.6. The second-order valence-corrected chi connectivity index (χ2v) is 13.6. The molecule has 1 fully saturated rings. The molecule has 1 aliphatic carbocycles. The number of rotatable bonds is 10. The lowest BCUT2D eigenvalue weighted by Gasteiger charge is -2.09. The van der Waals surface area contributed by atoms with E-state index in [1.165, 1.54) is 60.9 Å². The van der Waals surface area contributed by atoms with E-state index in [4.69, 9.17) is 0 Å². The van der Waals surface area contributed by atoms with E-state index in [0.717, 1.165) is 22.7 Å². The molecule has 12 nitrogen and oxygen atoms in total. The number of anilines is 4. The molecule has 0 spiro atoms. The van der Waals surface area contributed by atoms with Crippen molar-refractivity contribution in [2.45, 2.75) is 9.79 Å². The molecule has 1 aliphatic rings. The lowest BCUT2D eigenvalue weighted by Crippen LogP contribution is -2.20. The maximum atomic E-state index is 12.8. The molecule has 2 heterocycles. The Morgan fingerprint density at radius 1 is 0.675 bits per heavy atom. The molecular weight excluding hydrogens is 597 g/mol. The molecule has 0 bridgehead atoms. The second-order valence-electron chi connectivity index (χ2n) is 8.44. The Balaban J connectivity index is 1.16. The van der Waals surface area contributed by atoms with Crippen molar-refractivity contribution in [3.05, 3.63) is 83.8 Å². The van der Waals surface area contributed by atoms with E-state index in [1.807, 2.05) is 0 Å². The van der Waals surface area contributed by atoms with Crippen molar-refractivity contribution in [1.82, 2.24) is 9.97 Å². The number of carbonyl (C=O) groups is 2. The Hall–Kier alpha value is -4.12. The van der Waals surface area contributed by atoms with Gasteiger partial charge in [0.25, 0.3) is 20.0 Å². The molecule has 206 valence electrons. The van der Waals surface area contributed by atoms with Gasteiger partial charge in [-0.3, -0.25) is 19.0 Å². The molecule has 40 heavy (non-hydrogen) atoms. The maximum Gasteiger partial charge on any atom is 0.263 e. The van der Waals surface area contributed by atoms with E-state index in [2.05, 4.69) is 36.6 Å². The summed E-state index contributed by atoms with van der Waals surface area (Å²) >= 11 is 2.29. The van der Waals surface area contributed by atoms with E-state index in [0.29, 0.717) is 16.9 Å². The molecule has 2 amide bonds. The van der Waals surface area contributed by atoms with Crippen LogP contribution in [-0.2, 0) is 29.6 Å². The van der Waals surface area contributed by atoms with Crippen LogP contribution in [0.2, 0.25) is 0 Å². The zero-order valence-corrected chi connectivity index (χ0v) is 23.5. The minimum absolute atomic E-state index is 0.00780. The van der Waals surface area contributed by atoms with Gasteiger partial charge in [-0.15, -0.1) is 22.7 Å². The summed E-state index contributed by atoms with van der Waals surface area (Å²) in [7, 11) is -7.67. The zero-order chi connectivity index (χ0) is 28.5. The fraction of sp³-hybridized carbons (Fsp3) is 0.0833. The standard InChI is InChI=1S/C24H20N6O6S4/c1-14-19(21(31)27-15-2-6-17(7-3-15)39(33,34)29-23-25-10-12-37-23)20(14)22(32)28-16-4-8-18(9-5-16)40(35,36)30-24-26-11-13-38-24/h2-13,19-20H,1H2,(H,25,29)(H,26,30)(H,27,31)(H,28,32)/t19-,20-/m1/s1. The monoisotopic (exact) mass is 616 g/mol. The highest BCUT2D eigenvalue weighted by atomic mass is 32.2. The normalized spacial score (nSPS) is 16.6. The first-order valence-electron chi connectivity index (χ1n) is 11.4. The summed E-state index contributed by atoms with van der Waals surface area (Å²) in [6.07, 6.45) is 2.96. The van der Waals surface area contributed by atoms with Crippen LogP contribution in [0.25, 0.3) is 0 Å². The highest BCUT2D eigenvalue weighted by Gasteiger charge is 2.52. The molecule has 2 atom stereocenters. The summed E-state index contributed by atoms with van der Waals surface area (Å²) in [5.41, 5.74) is 1.12. The highest BCUT2D eigenvalue weighted by Crippen LogP contribution is 2.45. The van der Waals surface area contributed by atoms with Crippen LogP contribution in [0.15, 0.2) is 93.6 Å². The number of benzene rings is 2. The number of sulfonamides is 2. The Morgan fingerprint density at radius 2 is 1.05 bits per heavy atom. The van der Waals surface area contributed by atoms with E-state index >= 15 is 0 Å². The second kappa shape index (κ2) is 10.8. The lowest BCUT2D eigenvalue weighted by atomic mass is 10.2.